The van der Waals surface area contributed by atoms with Crippen molar-refractivity contribution in [3.8, 4) is 0 Å². The molecule has 0 aliphatic carbocycles. The smallest absolute Gasteiger partial charge is 0.768 e. The maximum atomic E-state index is 9.37. The van der Waals surface area contributed by atoms with Crippen molar-refractivity contribution < 1.29 is 38.3 Å². The van der Waals surface area contributed by atoms with E-state index in [0.29, 0.717) is 5.55 Å². The molecule has 2 N–H and O–H groups in total. The van der Waals surface area contributed by atoms with E-state index in [1.807, 2.05) is 0 Å². The van der Waals surface area contributed by atoms with Gasteiger partial charge in [0, 0.05) is 0 Å². The molecule has 1 unspecified atom stereocenters. The minimum absolute atomic E-state index is 0. The van der Waals surface area contributed by atoms with Gasteiger partial charge in [0.25, 0.3) is 0 Å². The van der Waals surface area contributed by atoms with Gasteiger partial charge >= 0.3 is 29.6 Å². The van der Waals surface area contributed by atoms with Crippen LogP contribution in [0.3, 0.4) is 0 Å². The summed E-state index contributed by atoms with van der Waals surface area (Å²) in [4.78, 5) is 0. The van der Waals surface area contributed by atoms with Gasteiger partial charge in [-0.2, -0.15) is 5.10 Å². The number of rotatable bonds is 1. The predicted molar refractivity (Wildman–Crippen MR) is 21.6 cm³/mol. The molecule has 0 heterocycles. The maximum Gasteiger partial charge on any atom is 1.00 e. The first-order valence-electron chi connectivity index (χ1n) is 1.09. The van der Waals surface area contributed by atoms with Crippen LogP contribution in [0.25, 0.3) is 0 Å². The molecular formula is CH3N2NaO2S. The second-order valence-electron chi connectivity index (χ2n) is 0.515. The Morgan fingerprint density at radius 2 is 2.29 bits per heavy atom. The molecule has 0 aromatic carbocycles. The summed E-state index contributed by atoms with van der Waals surface area (Å²) in [6.45, 7) is 0. The monoisotopic (exact) mass is 130 g/mol. The van der Waals surface area contributed by atoms with Crippen molar-refractivity contribution in [2.45, 2.75) is 0 Å². The van der Waals surface area contributed by atoms with Gasteiger partial charge in [-0.15, -0.1) is 0 Å². The van der Waals surface area contributed by atoms with Gasteiger partial charge in [0.2, 0.25) is 0 Å². The van der Waals surface area contributed by atoms with Crippen molar-refractivity contribution in [3.05, 3.63) is 0 Å². The molecule has 0 spiro atoms. The van der Waals surface area contributed by atoms with Gasteiger partial charge in [-0.3, -0.25) is 4.21 Å². The van der Waals surface area contributed by atoms with Crippen LogP contribution in [0.5, 0.6) is 0 Å². The first-order chi connectivity index (χ1) is 2.77. The Kier molecular flexibility index (Phi) is 9.91. The Labute approximate surface area is 65.7 Å². The fraction of sp³-hybridized carbons (Fsp3) is 0. The van der Waals surface area contributed by atoms with Crippen LogP contribution >= 0.6 is 0 Å². The molecule has 0 aromatic heterocycles. The fourth-order valence-corrected chi connectivity index (χ4v) is 0.149. The van der Waals surface area contributed by atoms with Crippen LogP contribution in [-0.2, 0) is 11.1 Å². The largest absolute Gasteiger partial charge is 1.00 e. The summed E-state index contributed by atoms with van der Waals surface area (Å²) in [5.41, 5.74) is 0.611. The van der Waals surface area contributed by atoms with Gasteiger partial charge in [0.1, 0.15) is 0 Å². The normalized spacial score (nSPS) is 13.3. The van der Waals surface area contributed by atoms with Crippen molar-refractivity contribution in [1.29, 1.82) is 0 Å². The first-order valence-corrected chi connectivity index (χ1v) is 2.22. The molecule has 0 aromatic rings. The molecule has 0 aliphatic rings. The van der Waals surface area contributed by atoms with E-state index >= 15 is 0 Å². The minimum atomic E-state index is -2.23. The zero-order valence-corrected chi connectivity index (χ0v) is 6.64. The molecular weight excluding hydrogens is 127 g/mol. The number of hydrazone groups is 1. The van der Waals surface area contributed by atoms with E-state index in [0.717, 1.165) is 0 Å². The standard InChI is InChI=1S/CH4N2O2S.Na/c2-3-1-6(4)5;/h1H,2H2,(H,4,5);/q;+1/p-1/b3-1-;. The number of nitrogens with zero attached hydrogens (tertiary/aromatic N) is 1. The summed E-state index contributed by atoms with van der Waals surface area (Å²) in [5.74, 6) is 4.41. The Balaban J connectivity index is 0. The molecule has 0 amide bonds. The molecule has 0 fully saturated rings. The molecule has 0 aliphatic heterocycles. The van der Waals surface area contributed by atoms with Crippen LogP contribution in [0.15, 0.2) is 5.10 Å². The second-order valence-corrected chi connectivity index (χ2v) is 1.25. The Hall–Kier alpha value is 0.580. The van der Waals surface area contributed by atoms with Gasteiger partial charge in [-0.05, 0) is 11.1 Å². The van der Waals surface area contributed by atoms with E-state index in [1.54, 1.807) is 0 Å². The van der Waals surface area contributed by atoms with E-state index in [-0.39, 0.29) is 29.6 Å². The third-order valence-corrected chi connectivity index (χ3v) is 0.441. The zero-order valence-electron chi connectivity index (χ0n) is 3.83. The summed E-state index contributed by atoms with van der Waals surface area (Å²) in [6, 6.07) is 0. The average molecular weight is 130 g/mol. The fourth-order valence-electron chi connectivity index (χ4n) is 0.0497. The van der Waals surface area contributed by atoms with Crippen molar-refractivity contribution >= 4 is 16.6 Å². The molecule has 4 nitrogen and oxygen atoms in total. The molecule has 7 heavy (non-hydrogen) atoms. The van der Waals surface area contributed by atoms with Crippen molar-refractivity contribution in [1.82, 2.24) is 0 Å². The third-order valence-electron chi connectivity index (χ3n) is 0.147. The Bertz CT molecular complexity index is 83.8. The van der Waals surface area contributed by atoms with E-state index in [1.165, 1.54) is 0 Å². The molecule has 36 valence electrons. The van der Waals surface area contributed by atoms with Gasteiger partial charge in [-0.1, -0.05) is 0 Å². The predicted octanol–water partition coefficient (Wildman–Crippen LogP) is -4.23. The Morgan fingerprint density at radius 3 is 2.29 bits per heavy atom. The van der Waals surface area contributed by atoms with E-state index in [9.17, 15) is 8.76 Å². The molecule has 0 saturated carbocycles. The van der Waals surface area contributed by atoms with E-state index < -0.39 is 11.1 Å². The van der Waals surface area contributed by atoms with E-state index in [2.05, 4.69) is 10.9 Å². The van der Waals surface area contributed by atoms with E-state index in [4.69, 9.17) is 0 Å². The number of nitrogens with two attached hydrogens (primary N) is 1. The SMILES string of the molecule is N/N=C\S(=O)[O-].[Na+]. The molecule has 0 bridgehead atoms. The summed E-state index contributed by atoms with van der Waals surface area (Å²) in [7, 11) is 0. The maximum absolute atomic E-state index is 9.37. The molecule has 0 radical (unpaired) electrons. The quantitative estimate of drug-likeness (QED) is 0.0975. The first kappa shape index (κ1) is 10.5. The van der Waals surface area contributed by atoms with Gasteiger partial charge in [0.05, 0.1) is 5.55 Å². The summed E-state index contributed by atoms with van der Waals surface area (Å²) in [6.07, 6.45) is 0. The summed E-state index contributed by atoms with van der Waals surface area (Å²) < 4.78 is 18.7. The molecule has 0 saturated heterocycles. The summed E-state index contributed by atoms with van der Waals surface area (Å²) in [5, 5.41) is 2.70. The topological polar surface area (TPSA) is 78.5 Å². The molecule has 0 rings (SSSR count). The minimum Gasteiger partial charge on any atom is -0.768 e. The van der Waals surface area contributed by atoms with Gasteiger partial charge in [0.15, 0.2) is 0 Å². The zero-order chi connectivity index (χ0) is 4.99. The number of hydrogen-bond acceptors (Lipinski definition) is 4. The van der Waals surface area contributed by atoms with Crippen LogP contribution in [0.2, 0.25) is 0 Å². The van der Waals surface area contributed by atoms with Gasteiger partial charge < -0.3 is 10.4 Å². The molecule has 6 heteroatoms. The van der Waals surface area contributed by atoms with Crippen LogP contribution in [0.1, 0.15) is 0 Å². The van der Waals surface area contributed by atoms with Crippen LogP contribution in [0, 0.1) is 0 Å². The second kappa shape index (κ2) is 6.58. The summed E-state index contributed by atoms with van der Waals surface area (Å²) >= 11 is -2.23. The van der Waals surface area contributed by atoms with Crippen LogP contribution < -0.4 is 35.4 Å². The molecule has 1 atom stereocenters. The van der Waals surface area contributed by atoms with Crippen LogP contribution in [0.4, 0.5) is 0 Å². The average Bonchev–Trinajstić information content (AvgIpc) is 1.35. The number of hydrogen-bond donors (Lipinski definition) is 1. The van der Waals surface area contributed by atoms with Crippen molar-refractivity contribution in [3.63, 3.8) is 0 Å². The van der Waals surface area contributed by atoms with Crippen molar-refractivity contribution in [2.24, 2.45) is 10.9 Å². The van der Waals surface area contributed by atoms with Gasteiger partial charge in [-0.25, -0.2) is 0 Å². The van der Waals surface area contributed by atoms with Crippen LogP contribution in [-0.4, -0.2) is 14.3 Å². The third kappa shape index (κ3) is 10.8. The van der Waals surface area contributed by atoms with Crippen molar-refractivity contribution in [2.75, 3.05) is 0 Å². The Morgan fingerprint density at radius 1 is 1.86 bits per heavy atom.